The first-order chi connectivity index (χ1) is 11.5. The first-order valence-corrected chi connectivity index (χ1v) is 6.60. The molecule has 9 heteroatoms. The zero-order chi connectivity index (χ0) is 17.2. The second-order valence-corrected chi connectivity index (χ2v) is 4.65. The summed E-state index contributed by atoms with van der Waals surface area (Å²) >= 11 is 0. The van der Waals surface area contributed by atoms with Crippen molar-refractivity contribution < 1.29 is 17.6 Å². The fourth-order valence-corrected chi connectivity index (χ4v) is 1.86. The van der Waals surface area contributed by atoms with Crippen LogP contribution in [0.2, 0.25) is 0 Å². The number of anilines is 2. The summed E-state index contributed by atoms with van der Waals surface area (Å²) in [5.41, 5.74) is -0.121. The second-order valence-electron chi connectivity index (χ2n) is 4.65. The van der Waals surface area contributed by atoms with E-state index in [1.807, 2.05) is 6.07 Å². The minimum atomic E-state index is -4.39. The van der Waals surface area contributed by atoms with Crippen molar-refractivity contribution in [3.05, 3.63) is 53.9 Å². The fraction of sp³-hybridized carbons (Fsp3) is 0.0667. The summed E-state index contributed by atoms with van der Waals surface area (Å²) in [6.45, 7) is 0. The second kappa shape index (κ2) is 6.00. The number of hydrogen-bond acceptors (Lipinski definition) is 6. The van der Waals surface area contributed by atoms with Crippen LogP contribution in [0, 0.1) is 11.3 Å². The lowest BCUT2D eigenvalue weighted by molar-refractivity contribution is -0.137. The zero-order valence-corrected chi connectivity index (χ0v) is 11.9. The van der Waals surface area contributed by atoms with Gasteiger partial charge in [0.05, 0.1) is 11.8 Å². The van der Waals surface area contributed by atoms with Gasteiger partial charge in [0.15, 0.2) is 17.3 Å². The molecule has 2 heterocycles. The number of rotatable bonds is 3. The first kappa shape index (κ1) is 15.5. The van der Waals surface area contributed by atoms with E-state index in [4.69, 9.17) is 9.68 Å². The summed E-state index contributed by atoms with van der Waals surface area (Å²) in [4.78, 5) is 3.97. The standard InChI is InChI=1S/C15H8F3N5O/c16-15(17,18)10-3-1-9(2-4-10)12-8-20-14(24-12)21-13-6-5-11(7-19)22-23-13/h1-6,8H,(H,20,21,23). The number of alkyl halides is 3. The maximum absolute atomic E-state index is 12.5. The molecule has 120 valence electrons. The summed E-state index contributed by atoms with van der Waals surface area (Å²) in [6.07, 6.45) is -3.01. The van der Waals surface area contributed by atoms with E-state index in [-0.39, 0.29) is 11.7 Å². The molecule has 1 N–H and O–H groups in total. The normalized spacial score (nSPS) is 11.1. The molecule has 1 aromatic carbocycles. The summed E-state index contributed by atoms with van der Waals surface area (Å²) in [6, 6.07) is 9.47. The van der Waals surface area contributed by atoms with Crippen molar-refractivity contribution in [3.63, 3.8) is 0 Å². The van der Waals surface area contributed by atoms with Crippen LogP contribution in [-0.2, 0) is 6.18 Å². The molecule has 2 aromatic heterocycles. The number of oxazole rings is 1. The number of nitriles is 1. The van der Waals surface area contributed by atoms with E-state index in [1.165, 1.54) is 30.5 Å². The maximum Gasteiger partial charge on any atom is 0.416 e. The molecule has 0 saturated heterocycles. The molecule has 0 unspecified atom stereocenters. The van der Waals surface area contributed by atoms with Crippen molar-refractivity contribution in [2.24, 2.45) is 0 Å². The molecular formula is C15H8F3N5O. The van der Waals surface area contributed by atoms with Gasteiger partial charge in [-0.2, -0.15) is 18.4 Å². The third kappa shape index (κ3) is 3.33. The Labute approximate surface area is 133 Å². The van der Waals surface area contributed by atoms with Crippen LogP contribution in [0.3, 0.4) is 0 Å². The minimum Gasteiger partial charge on any atom is -0.423 e. The quantitative estimate of drug-likeness (QED) is 0.786. The van der Waals surface area contributed by atoms with E-state index in [0.29, 0.717) is 17.1 Å². The molecule has 0 spiro atoms. The predicted octanol–water partition coefficient (Wildman–Crippen LogP) is 3.77. The Bertz CT molecular complexity index is 879. The third-order valence-electron chi connectivity index (χ3n) is 3.02. The summed E-state index contributed by atoms with van der Waals surface area (Å²) in [7, 11) is 0. The SMILES string of the molecule is N#Cc1ccc(Nc2ncc(-c3ccc(C(F)(F)F)cc3)o2)nn1. The molecule has 24 heavy (non-hydrogen) atoms. The number of benzene rings is 1. The Morgan fingerprint density at radius 2 is 1.79 bits per heavy atom. The van der Waals surface area contributed by atoms with Crippen LogP contribution >= 0.6 is 0 Å². The Hall–Kier alpha value is -3.41. The van der Waals surface area contributed by atoms with Gasteiger partial charge in [-0.05, 0) is 24.3 Å². The molecule has 0 bridgehead atoms. The molecule has 0 saturated carbocycles. The third-order valence-corrected chi connectivity index (χ3v) is 3.02. The van der Waals surface area contributed by atoms with Gasteiger partial charge in [-0.25, -0.2) is 4.98 Å². The Balaban J connectivity index is 1.76. The number of nitrogens with one attached hydrogen (secondary N) is 1. The molecule has 0 atom stereocenters. The molecule has 6 nitrogen and oxygen atoms in total. The topological polar surface area (TPSA) is 87.6 Å². The van der Waals surface area contributed by atoms with E-state index >= 15 is 0 Å². The highest BCUT2D eigenvalue weighted by Gasteiger charge is 2.30. The molecule has 3 aromatic rings. The van der Waals surface area contributed by atoms with Crippen LogP contribution < -0.4 is 5.32 Å². The van der Waals surface area contributed by atoms with Gasteiger partial charge in [0.25, 0.3) is 0 Å². The molecule has 0 amide bonds. The summed E-state index contributed by atoms with van der Waals surface area (Å²) < 4.78 is 43.1. The van der Waals surface area contributed by atoms with Crippen LogP contribution in [0.25, 0.3) is 11.3 Å². The van der Waals surface area contributed by atoms with Crippen molar-refractivity contribution in [3.8, 4) is 17.4 Å². The van der Waals surface area contributed by atoms with Gasteiger partial charge < -0.3 is 4.42 Å². The van der Waals surface area contributed by atoms with E-state index in [2.05, 4.69) is 20.5 Å². The van der Waals surface area contributed by atoms with Crippen LogP contribution in [0.4, 0.5) is 25.0 Å². The number of hydrogen-bond donors (Lipinski definition) is 1. The average molecular weight is 331 g/mol. The lowest BCUT2D eigenvalue weighted by Crippen LogP contribution is -2.03. The highest BCUT2D eigenvalue weighted by molar-refractivity contribution is 5.59. The maximum atomic E-state index is 12.5. The van der Waals surface area contributed by atoms with Crippen molar-refractivity contribution >= 4 is 11.8 Å². The smallest absolute Gasteiger partial charge is 0.416 e. The van der Waals surface area contributed by atoms with E-state index in [9.17, 15) is 13.2 Å². The van der Waals surface area contributed by atoms with Gasteiger partial charge in [0, 0.05) is 5.56 Å². The fourth-order valence-electron chi connectivity index (χ4n) is 1.86. The Kier molecular flexibility index (Phi) is 3.87. The molecule has 0 fully saturated rings. The van der Waals surface area contributed by atoms with Crippen molar-refractivity contribution in [2.45, 2.75) is 6.18 Å². The lowest BCUT2D eigenvalue weighted by Gasteiger charge is -2.06. The molecule has 0 aliphatic rings. The highest BCUT2D eigenvalue weighted by Crippen LogP contribution is 2.31. The van der Waals surface area contributed by atoms with Crippen molar-refractivity contribution in [1.82, 2.24) is 15.2 Å². The van der Waals surface area contributed by atoms with Gasteiger partial charge >= 0.3 is 12.2 Å². The largest absolute Gasteiger partial charge is 0.423 e. The summed E-state index contributed by atoms with van der Waals surface area (Å²) in [5.74, 6) is 0.614. The molecular weight excluding hydrogens is 323 g/mol. The van der Waals surface area contributed by atoms with Gasteiger partial charge in [-0.15, -0.1) is 10.2 Å². The number of nitrogens with zero attached hydrogens (tertiary/aromatic N) is 4. The summed E-state index contributed by atoms with van der Waals surface area (Å²) in [5, 5.41) is 18.8. The van der Waals surface area contributed by atoms with Crippen molar-refractivity contribution in [1.29, 1.82) is 5.26 Å². The zero-order valence-electron chi connectivity index (χ0n) is 11.9. The Morgan fingerprint density at radius 1 is 1.04 bits per heavy atom. The monoisotopic (exact) mass is 331 g/mol. The molecule has 0 aliphatic heterocycles. The lowest BCUT2D eigenvalue weighted by atomic mass is 10.1. The molecule has 3 rings (SSSR count). The minimum absolute atomic E-state index is 0.101. The van der Waals surface area contributed by atoms with Gasteiger partial charge in [0.2, 0.25) is 0 Å². The highest BCUT2D eigenvalue weighted by atomic mass is 19.4. The van der Waals surface area contributed by atoms with E-state index in [0.717, 1.165) is 12.1 Å². The van der Waals surface area contributed by atoms with E-state index < -0.39 is 11.7 Å². The van der Waals surface area contributed by atoms with Crippen LogP contribution in [0.15, 0.2) is 47.0 Å². The van der Waals surface area contributed by atoms with Crippen LogP contribution in [0.5, 0.6) is 0 Å². The molecule has 0 aliphatic carbocycles. The van der Waals surface area contributed by atoms with Gasteiger partial charge in [-0.3, -0.25) is 5.32 Å². The van der Waals surface area contributed by atoms with Gasteiger partial charge in [-0.1, -0.05) is 12.1 Å². The van der Waals surface area contributed by atoms with E-state index in [1.54, 1.807) is 0 Å². The number of halogens is 3. The Morgan fingerprint density at radius 3 is 2.38 bits per heavy atom. The van der Waals surface area contributed by atoms with Gasteiger partial charge in [0.1, 0.15) is 6.07 Å². The average Bonchev–Trinajstić information content (AvgIpc) is 3.03. The predicted molar refractivity (Wildman–Crippen MR) is 77.0 cm³/mol. The number of aromatic nitrogens is 3. The van der Waals surface area contributed by atoms with Crippen molar-refractivity contribution in [2.75, 3.05) is 5.32 Å². The van der Waals surface area contributed by atoms with Crippen LogP contribution in [-0.4, -0.2) is 15.2 Å². The molecule has 0 radical (unpaired) electrons. The first-order valence-electron chi connectivity index (χ1n) is 6.60. The van der Waals surface area contributed by atoms with Crippen LogP contribution in [0.1, 0.15) is 11.3 Å².